The molecule has 2 heterocycles. The molecule has 5 aromatic rings. The molecule has 0 aliphatic rings. The average molecular weight is 588 g/mol. The molecule has 0 aliphatic heterocycles. The third-order valence-electron chi connectivity index (χ3n) is 5.73. The lowest BCUT2D eigenvalue weighted by Gasteiger charge is -2.12. The molecule has 1 amide bonds. The van der Waals surface area contributed by atoms with E-state index in [1.165, 1.54) is 24.3 Å². The second-order valence-corrected chi connectivity index (χ2v) is 11.2. The van der Waals surface area contributed by atoms with E-state index >= 15 is 0 Å². The van der Waals surface area contributed by atoms with E-state index in [0.717, 1.165) is 10.0 Å². The molecule has 8 nitrogen and oxygen atoms in total. The molecule has 0 radical (unpaired) electrons. The highest BCUT2D eigenvalue weighted by Gasteiger charge is 2.18. The third-order valence-corrected chi connectivity index (χ3v) is 7.60. The molecule has 5 rings (SSSR count). The zero-order valence-corrected chi connectivity index (χ0v) is 22.8. The van der Waals surface area contributed by atoms with Crippen LogP contribution in [0.1, 0.15) is 21.7 Å². The molecule has 3 aromatic carbocycles. The first-order valence-corrected chi connectivity index (χ1v) is 13.9. The summed E-state index contributed by atoms with van der Waals surface area (Å²) in [5.41, 5.74) is 4.45. The number of carbonyl (C=O) groups is 1. The van der Waals surface area contributed by atoms with Crippen LogP contribution in [-0.4, -0.2) is 29.3 Å². The molecule has 0 bridgehead atoms. The number of aromatic nitrogens is 3. The number of nitrogens with one attached hydrogen (secondary N) is 2. The van der Waals surface area contributed by atoms with Gasteiger partial charge in [-0.1, -0.05) is 46.3 Å². The van der Waals surface area contributed by atoms with Crippen molar-refractivity contribution < 1.29 is 13.2 Å². The number of amides is 1. The number of pyridine rings is 1. The minimum Gasteiger partial charge on any atom is -0.322 e. The van der Waals surface area contributed by atoms with Gasteiger partial charge in [0.15, 0.2) is 0 Å². The zero-order chi connectivity index (χ0) is 26.9. The van der Waals surface area contributed by atoms with Crippen molar-refractivity contribution in [2.75, 3.05) is 10.0 Å². The Hall–Kier alpha value is -4.15. The highest BCUT2D eigenvalue weighted by atomic mass is 79.9. The van der Waals surface area contributed by atoms with Crippen molar-refractivity contribution in [3.05, 3.63) is 106 Å². The first-order chi connectivity index (χ1) is 18.2. The van der Waals surface area contributed by atoms with Crippen molar-refractivity contribution in [1.82, 2.24) is 15.0 Å². The molecule has 0 saturated heterocycles. The number of sulfonamides is 1. The van der Waals surface area contributed by atoms with Crippen LogP contribution in [0.15, 0.2) is 94.3 Å². The van der Waals surface area contributed by atoms with Crippen LogP contribution >= 0.6 is 15.9 Å². The maximum Gasteiger partial charge on any atom is 0.264 e. The van der Waals surface area contributed by atoms with E-state index in [4.69, 9.17) is 4.98 Å². The molecule has 2 aromatic heterocycles. The first-order valence-electron chi connectivity index (χ1n) is 11.6. The van der Waals surface area contributed by atoms with Crippen molar-refractivity contribution >= 4 is 54.4 Å². The van der Waals surface area contributed by atoms with E-state index in [0.29, 0.717) is 39.2 Å². The predicted molar refractivity (Wildman–Crippen MR) is 152 cm³/mol. The number of nitrogens with zero attached hydrogens (tertiary/aromatic N) is 3. The predicted octanol–water partition coefficient (Wildman–Crippen LogP) is 6.12. The Balaban J connectivity index is 1.40. The van der Waals surface area contributed by atoms with Gasteiger partial charge < -0.3 is 5.32 Å². The van der Waals surface area contributed by atoms with Crippen molar-refractivity contribution in [3.8, 4) is 11.3 Å². The Morgan fingerprint density at radius 1 is 0.816 bits per heavy atom. The van der Waals surface area contributed by atoms with E-state index in [1.807, 2.05) is 48.5 Å². The number of rotatable bonds is 6. The topological polar surface area (TPSA) is 114 Å². The SMILES string of the molecule is Cc1cc(C)nc(NS(=O)(=O)c2ccc(NC(=O)c3cc(-c4ccc(Br)cc4)nc4ccccc34)cc2)n1. The fourth-order valence-corrected chi connectivity index (χ4v) is 5.21. The molecule has 0 atom stereocenters. The fraction of sp³-hybridized carbons (Fsp3) is 0.0714. The van der Waals surface area contributed by atoms with Gasteiger partial charge >= 0.3 is 0 Å². The van der Waals surface area contributed by atoms with Crippen LogP contribution in [0.25, 0.3) is 22.2 Å². The van der Waals surface area contributed by atoms with Crippen LogP contribution in [0.3, 0.4) is 0 Å². The number of benzene rings is 3. The second kappa shape index (κ2) is 10.3. The number of para-hydroxylation sites is 1. The summed E-state index contributed by atoms with van der Waals surface area (Å²) in [6, 6.07) is 24.5. The number of halogens is 1. The monoisotopic (exact) mass is 587 g/mol. The fourth-order valence-electron chi connectivity index (χ4n) is 4.00. The lowest BCUT2D eigenvalue weighted by Crippen LogP contribution is -2.16. The summed E-state index contributed by atoms with van der Waals surface area (Å²) in [6.45, 7) is 3.52. The van der Waals surface area contributed by atoms with E-state index in [2.05, 4.69) is 35.9 Å². The number of carbonyl (C=O) groups excluding carboxylic acids is 1. The van der Waals surface area contributed by atoms with E-state index in [9.17, 15) is 13.2 Å². The van der Waals surface area contributed by atoms with Crippen LogP contribution in [0, 0.1) is 13.8 Å². The Labute approximate surface area is 228 Å². The van der Waals surface area contributed by atoms with Crippen LogP contribution < -0.4 is 10.0 Å². The summed E-state index contributed by atoms with van der Waals surface area (Å²) in [5.74, 6) is -0.328. The average Bonchev–Trinajstić information content (AvgIpc) is 2.88. The van der Waals surface area contributed by atoms with Crippen LogP contribution in [0.5, 0.6) is 0 Å². The smallest absolute Gasteiger partial charge is 0.264 e. The second-order valence-electron chi connectivity index (χ2n) is 8.64. The molecule has 0 unspecified atom stereocenters. The summed E-state index contributed by atoms with van der Waals surface area (Å²) >= 11 is 3.44. The van der Waals surface area contributed by atoms with Crippen molar-refractivity contribution in [1.29, 1.82) is 0 Å². The lowest BCUT2D eigenvalue weighted by atomic mass is 10.0. The van der Waals surface area contributed by atoms with Gasteiger partial charge in [-0.25, -0.2) is 28.1 Å². The minimum atomic E-state index is -3.91. The standard InChI is InChI=1S/C28H22BrN5O3S/c1-17-15-18(2)31-28(30-17)34-38(36,37)22-13-11-21(12-14-22)32-27(35)24-16-26(19-7-9-20(29)10-8-19)33-25-6-4-3-5-23(24)25/h3-16H,1-2H3,(H,32,35)(H,30,31,34). The first kappa shape index (κ1) is 25.5. The molecule has 190 valence electrons. The molecule has 0 fully saturated rings. The van der Waals surface area contributed by atoms with Gasteiger partial charge in [0.2, 0.25) is 5.95 Å². The molecule has 10 heteroatoms. The Kier molecular flexibility index (Phi) is 6.92. The van der Waals surface area contributed by atoms with Gasteiger partial charge in [-0.2, -0.15) is 0 Å². The highest BCUT2D eigenvalue weighted by molar-refractivity contribution is 9.10. The maximum absolute atomic E-state index is 13.4. The van der Waals surface area contributed by atoms with Gasteiger partial charge in [0.1, 0.15) is 0 Å². The number of hydrogen-bond acceptors (Lipinski definition) is 6. The van der Waals surface area contributed by atoms with Crippen molar-refractivity contribution in [2.24, 2.45) is 0 Å². The molecular formula is C28H22BrN5O3S. The van der Waals surface area contributed by atoms with E-state index < -0.39 is 10.0 Å². The normalized spacial score (nSPS) is 11.3. The van der Waals surface area contributed by atoms with Gasteiger partial charge in [-0.15, -0.1) is 0 Å². The van der Waals surface area contributed by atoms with Crippen LogP contribution in [0.4, 0.5) is 11.6 Å². The highest BCUT2D eigenvalue weighted by Crippen LogP contribution is 2.27. The van der Waals surface area contributed by atoms with Gasteiger partial charge in [-0.3, -0.25) is 4.79 Å². The van der Waals surface area contributed by atoms with E-state index in [1.54, 1.807) is 26.0 Å². The number of fused-ring (bicyclic) bond motifs is 1. The minimum absolute atomic E-state index is 0.00558. The van der Waals surface area contributed by atoms with Gasteiger partial charge in [0.25, 0.3) is 15.9 Å². The largest absolute Gasteiger partial charge is 0.322 e. The molecular weight excluding hydrogens is 566 g/mol. The Bertz CT molecular complexity index is 1750. The number of anilines is 2. The van der Waals surface area contributed by atoms with Gasteiger partial charge in [0, 0.05) is 32.5 Å². The zero-order valence-electron chi connectivity index (χ0n) is 20.4. The van der Waals surface area contributed by atoms with Crippen molar-refractivity contribution in [2.45, 2.75) is 18.7 Å². The summed E-state index contributed by atoms with van der Waals surface area (Å²) in [6.07, 6.45) is 0. The van der Waals surface area contributed by atoms with Gasteiger partial charge in [-0.05, 0) is 68.4 Å². The summed E-state index contributed by atoms with van der Waals surface area (Å²) < 4.78 is 29.0. The van der Waals surface area contributed by atoms with Crippen LogP contribution in [0.2, 0.25) is 0 Å². The quantitative estimate of drug-likeness (QED) is 0.247. The molecule has 0 aliphatic carbocycles. The molecule has 0 spiro atoms. The summed E-state index contributed by atoms with van der Waals surface area (Å²) in [5, 5.41) is 3.58. The van der Waals surface area contributed by atoms with Crippen molar-refractivity contribution in [3.63, 3.8) is 0 Å². The lowest BCUT2D eigenvalue weighted by molar-refractivity contribution is 0.102. The summed E-state index contributed by atoms with van der Waals surface area (Å²) in [7, 11) is -3.91. The molecule has 38 heavy (non-hydrogen) atoms. The molecule has 2 N–H and O–H groups in total. The number of hydrogen-bond donors (Lipinski definition) is 2. The maximum atomic E-state index is 13.4. The van der Waals surface area contributed by atoms with Crippen LogP contribution in [-0.2, 0) is 10.0 Å². The molecule has 0 saturated carbocycles. The number of aryl methyl sites for hydroxylation is 2. The van der Waals surface area contributed by atoms with E-state index in [-0.39, 0.29) is 16.8 Å². The Morgan fingerprint density at radius 2 is 1.47 bits per heavy atom. The Morgan fingerprint density at radius 3 is 2.16 bits per heavy atom. The summed E-state index contributed by atoms with van der Waals surface area (Å²) in [4.78, 5) is 26.4. The van der Waals surface area contributed by atoms with Gasteiger partial charge in [0.05, 0.1) is 21.7 Å². The third kappa shape index (κ3) is 5.56.